The zero-order chi connectivity index (χ0) is 6.41. The molecule has 0 aliphatic rings. The van der Waals surface area contributed by atoms with E-state index in [9.17, 15) is 25.2 Å². The Balaban J connectivity index is -0.0000000600. The van der Waals surface area contributed by atoms with Crippen LogP contribution >= 0.6 is 7.81 Å². The van der Waals surface area contributed by atoms with Gasteiger partial charge in [-0.15, -0.1) is 0 Å². The third-order valence-electron chi connectivity index (χ3n) is 0. The zero-order valence-corrected chi connectivity index (χ0v) is 5.72. The quantitative estimate of drug-likeness (QED) is 0.448. The van der Waals surface area contributed by atoms with Crippen molar-refractivity contribution in [1.29, 1.82) is 0 Å². The van der Waals surface area contributed by atoms with E-state index in [1.54, 1.807) is 0 Å². The minimum Gasteiger partial charge on any atom is -0.369 e. The Kier molecular flexibility index (Phi) is 5.59. The topological polar surface area (TPSA) is 71.5 Å². The van der Waals surface area contributed by atoms with Crippen LogP contribution in [0, 0.1) is 0 Å². The van der Waals surface area contributed by atoms with Crippen molar-refractivity contribution in [2.45, 2.75) is 0 Å². The van der Waals surface area contributed by atoms with Crippen LogP contribution in [-0.2, 0) is 0 Å². The van der Waals surface area contributed by atoms with E-state index < -0.39 is 7.81 Å². The molecule has 2 nitrogen and oxygen atoms in total. The second kappa shape index (κ2) is 2.48. The Morgan fingerprint density at radius 3 is 0.700 bits per heavy atom. The summed E-state index contributed by atoms with van der Waals surface area (Å²) in [6.45, 7) is 0. The molecule has 0 saturated carbocycles. The molecule has 0 unspecified atom stereocenters. The standard InChI is InChI=1S/F6P.FH.2H3N/c1-7(2,3,4,5)6;;;/h;1H;2*1H3/q-1;;;/p+1. The van der Waals surface area contributed by atoms with Gasteiger partial charge in [0.15, 0.2) is 0 Å². The molecule has 0 saturated heterocycles. The van der Waals surface area contributed by atoms with Crippen molar-refractivity contribution in [1.82, 2.24) is 12.3 Å². The van der Waals surface area contributed by atoms with Crippen LogP contribution in [0.4, 0.5) is 29.9 Å². The van der Waals surface area contributed by atoms with E-state index in [0.717, 1.165) is 0 Å². The van der Waals surface area contributed by atoms with Gasteiger partial charge in [-0.05, 0) is 0 Å². The van der Waals surface area contributed by atoms with E-state index in [2.05, 4.69) is 0 Å². The molecular weight excluding hydrogens is 192 g/mol. The van der Waals surface area contributed by atoms with Gasteiger partial charge in [0.2, 0.25) is 0 Å². The SMILES string of the molecule is F.F[P-](F)(F)(F)(F)F.N.[NH4+]. The summed E-state index contributed by atoms with van der Waals surface area (Å²) in [5.41, 5.74) is 0. The Morgan fingerprint density at radius 1 is 0.700 bits per heavy atom. The molecular formula is H8F7N2P. The van der Waals surface area contributed by atoms with Crippen molar-refractivity contribution in [3.63, 3.8) is 0 Å². The van der Waals surface area contributed by atoms with E-state index in [1.165, 1.54) is 0 Å². The molecule has 0 aromatic carbocycles. The molecule has 0 amide bonds. The zero-order valence-electron chi connectivity index (χ0n) is 4.83. The molecule has 10 heavy (non-hydrogen) atoms. The fraction of sp³-hybridized carbons (Fsp3) is 0. The molecule has 0 heterocycles. The van der Waals surface area contributed by atoms with Crippen LogP contribution < -0.4 is 12.3 Å². The molecule has 0 aromatic heterocycles. The molecule has 0 rings (SSSR count). The average Bonchev–Trinajstić information content (AvgIpc) is 0.592. The van der Waals surface area contributed by atoms with E-state index in [0.29, 0.717) is 0 Å². The van der Waals surface area contributed by atoms with Gasteiger partial charge in [0.1, 0.15) is 0 Å². The first-order chi connectivity index (χ1) is 2.45. The molecule has 0 aromatic rings. The summed E-state index contributed by atoms with van der Waals surface area (Å²) in [5.74, 6) is 0. The number of halogens is 7. The summed E-state index contributed by atoms with van der Waals surface area (Å²) in [7, 11) is -10.7. The summed E-state index contributed by atoms with van der Waals surface area (Å²) in [5, 5.41) is 0. The van der Waals surface area contributed by atoms with Gasteiger partial charge in [-0.3, -0.25) is 4.70 Å². The van der Waals surface area contributed by atoms with Crippen molar-refractivity contribution in [3.05, 3.63) is 0 Å². The van der Waals surface area contributed by atoms with Crippen LogP contribution in [0.25, 0.3) is 0 Å². The third kappa shape index (κ3) is 18900. The largest absolute Gasteiger partial charge is 0.369 e. The molecule has 0 fully saturated rings. The molecule has 0 aliphatic carbocycles. The summed E-state index contributed by atoms with van der Waals surface area (Å²) in [6.07, 6.45) is 0. The summed E-state index contributed by atoms with van der Waals surface area (Å²) >= 11 is 0. The summed E-state index contributed by atoms with van der Waals surface area (Å²) < 4.78 is 59.2. The normalized spacial score (nSPS) is 16.2. The van der Waals surface area contributed by atoms with Gasteiger partial charge < -0.3 is 12.3 Å². The average molecular weight is 200 g/mol. The smallest absolute Gasteiger partial charge is 0.344 e. The molecule has 10 heteroatoms. The Bertz CT molecular complexity index is 70.2. The second-order valence-corrected chi connectivity index (χ2v) is 2.87. The van der Waals surface area contributed by atoms with Gasteiger partial charge in [-0.2, -0.15) is 0 Å². The molecule has 0 bridgehead atoms. The first kappa shape index (κ1) is 22.5. The van der Waals surface area contributed by atoms with Crippen LogP contribution in [0.2, 0.25) is 0 Å². The van der Waals surface area contributed by atoms with Gasteiger partial charge in [-0.25, -0.2) is 0 Å². The number of rotatable bonds is 0. The second-order valence-electron chi connectivity index (χ2n) is 0.958. The van der Waals surface area contributed by atoms with Gasteiger partial charge in [-0.1, -0.05) is 0 Å². The van der Waals surface area contributed by atoms with Crippen molar-refractivity contribution < 1.29 is 29.9 Å². The molecule has 72 valence electrons. The molecule has 0 radical (unpaired) electrons. The summed E-state index contributed by atoms with van der Waals surface area (Å²) in [6, 6.07) is 0. The number of quaternary nitrogens is 1. The predicted octanol–water partition coefficient (Wildman–Crippen LogP) is 4.07. The van der Waals surface area contributed by atoms with Crippen LogP contribution in [0.1, 0.15) is 0 Å². The van der Waals surface area contributed by atoms with Gasteiger partial charge >= 0.3 is 33.0 Å². The molecule has 0 atom stereocenters. The maximum Gasteiger partial charge on any atom is -0.344 e. The monoisotopic (exact) mass is 200 g/mol. The molecule has 0 aliphatic heterocycles. The Labute approximate surface area is 51.4 Å². The van der Waals surface area contributed by atoms with E-state index in [-0.39, 0.29) is 17.0 Å². The molecule has 7 N–H and O–H groups in total. The van der Waals surface area contributed by atoms with Gasteiger partial charge in [0.25, 0.3) is 0 Å². The third-order valence-corrected chi connectivity index (χ3v) is 0. The summed E-state index contributed by atoms with van der Waals surface area (Å²) in [4.78, 5) is 0. The van der Waals surface area contributed by atoms with E-state index >= 15 is 0 Å². The fourth-order valence-electron chi connectivity index (χ4n) is 0. The van der Waals surface area contributed by atoms with E-state index in [4.69, 9.17) is 0 Å². The van der Waals surface area contributed by atoms with Gasteiger partial charge in [0.05, 0.1) is 0 Å². The van der Waals surface area contributed by atoms with Crippen molar-refractivity contribution in [3.8, 4) is 0 Å². The van der Waals surface area contributed by atoms with Crippen molar-refractivity contribution in [2.24, 2.45) is 0 Å². The fourth-order valence-corrected chi connectivity index (χ4v) is 0. The maximum absolute atomic E-state index is 10.7. The van der Waals surface area contributed by atoms with Crippen molar-refractivity contribution >= 4 is 7.81 Å². The minimum atomic E-state index is -10.7. The maximum atomic E-state index is 9.87. The molecule has 0 spiro atoms. The van der Waals surface area contributed by atoms with E-state index in [1.807, 2.05) is 0 Å². The van der Waals surface area contributed by atoms with Crippen LogP contribution in [0.3, 0.4) is 0 Å². The number of hydrogen-bond acceptors (Lipinski definition) is 1. The Morgan fingerprint density at radius 2 is 0.700 bits per heavy atom. The van der Waals surface area contributed by atoms with Crippen LogP contribution in [-0.4, -0.2) is 0 Å². The number of hydrogen-bond donors (Lipinski definition) is 2. The first-order valence-corrected chi connectivity index (χ1v) is 3.04. The van der Waals surface area contributed by atoms with Crippen molar-refractivity contribution in [2.75, 3.05) is 0 Å². The van der Waals surface area contributed by atoms with Crippen LogP contribution in [0.5, 0.6) is 0 Å². The predicted molar refractivity (Wildman–Crippen MR) is 27.1 cm³/mol. The van der Waals surface area contributed by atoms with Gasteiger partial charge in [0, 0.05) is 0 Å². The first-order valence-electron chi connectivity index (χ1n) is 1.01. The minimum absolute atomic E-state index is 0. The Hall–Kier alpha value is -0.140. The van der Waals surface area contributed by atoms with Crippen LogP contribution in [0.15, 0.2) is 0 Å².